The van der Waals surface area contributed by atoms with Crippen LogP contribution in [0.15, 0.2) is 48.2 Å². The molecule has 98 valence electrons. The zero-order chi connectivity index (χ0) is 14.3. The Labute approximate surface area is 113 Å². The van der Waals surface area contributed by atoms with Crippen LogP contribution in [0.3, 0.4) is 0 Å². The lowest BCUT2D eigenvalue weighted by atomic mass is 10.0. The maximum atomic E-state index is 11.9. The highest BCUT2D eigenvalue weighted by Crippen LogP contribution is 2.28. The number of carbonyl (C=O) groups is 4. The van der Waals surface area contributed by atoms with Crippen molar-refractivity contribution in [1.29, 1.82) is 0 Å². The van der Waals surface area contributed by atoms with Crippen molar-refractivity contribution in [1.82, 2.24) is 10.2 Å². The minimum Gasteiger partial charge on any atom is -0.287 e. The van der Waals surface area contributed by atoms with Gasteiger partial charge in [-0.2, -0.15) is 0 Å². The molecule has 1 N–H and O–H groups in total. The van der Waals surface area contributed by atoms with Gasteiger partial charge in [-0.1, -0.05) is 30.3 Å². The Kier molecular flexibility index (Phi) is 2.57. The van der Waals surface area contributed by atoms with Crippen molar-refractivity contribution in [3.8, 4) is 0 Å². The van der Waals surface area contributed by atoms with Gasteiger partial charge in [0.05, 0.1) is 5.57 Å². The standard InChI is InChI=1S/C14H8N2O4/c17-9-6-7-10(18)16(9)12-11(13(19)15-14(12)20)8-4-2-1-3-5-8/h1-7H,(H,15,19,20). The maximum Gasteiger partial charge on any atom is 0.276 e. The molecule has 4 amide bonds. The molecule has 6 heteroatoms. The van der Waals surface area contributed by atoms with Crippen LogP contribution in [-0.4, -0.2) is 28.5 Å². The molecule has 0 unspecified atom stereocenters. The Hall–Kier alpha value is -3.02. The van der Waals surface area contributed by atoms with E-state index in [1.165, 1.54) is 0 Å². The third kappa shape index (κ3) is 1.66. The van der Waals surface area contributed by atoms with Gasteiger partial charge < -0.3 is 0 Å². The van der Waals surface area contributed by atoms with Crippen molar-refractivity contribution >= 4 is 29.2 Å². The molecule has 0 aromatic heterocycles. The smallest absolute Gasteiger partial charge is 0.276 e. The van der Waals surface area contributed by atoms with Gasteiger partial charge in [0.2, 0.25) is 0 Å². The summed E-state index contributed by atoms with van der Waals surface area (Å²) in [5.74, 6) is -2.64. The minimum atomic E-state index is -0.751. The molecule has 6 nitrogen and oxygen atoms in total. The fraction of sp³-hybridized carbons (Fsp3) is 0. The predicted octanol–water partition coefficient (Wildman–Crippen LogP) is -0.0209. The third-order valence-electron chi connectivity index (χ3n) is 3.00. The molecule has 2 aliphatic rings. The molecular formula is C14H8N2O4. The first-order valence-electron chi connectivity index (χ1n) is 5.81. The van der Waals surface area contributed by atoms with E-state index < -0.39 is 23.6 Å². The number of nitrogens with one attached hydrogen (secondary N) is 1. The fourth-order valence-corrected chi connectivity index (χ4v) is 2.15. The monoisotopic (exact) mass is 268 g/mol. The van der Waals surface area contributed by atoms with Gasteiger partial charge in [0.1, 0.15) is 5.70 Å². The summed E-state index contributed by atoms with van der Waals surface area (Å²) in [5, 5.41) is 2.11. The van der Waals surface area contributed by atoms with E-state index in [9.17, 15) is 19.2 Å². The SMILES string of the molecule is O=C1NC(=O)C(N2C(=O)C=CC2=O)=C1c1ccccc1. The zero-order valence-corrected chi connectivity index (χ0v) is 10.1. The molecule has 0 fully saturated rings. The molecule has 1 aromatic carbocycles. The molecule has 0 atom stereocenters. The second-order valence-electron chi connectivity index (χ2n) is 4.22. The lowest BCUT2D eigenvalue weighted by Gasteiger charge is -2.14. The molecule has 1 aromatic rings. The van der Waals surface area contributed by atoms with E-state index in [4.69, 9.17) is 0 Å². The van der Waals surface area contributed by atoms with Gasteiger partial charge in [-0.3, -0.25) is 24.5 Å². The first kappa shape index (κ1) is 12.0. The number of rotatable bonds is 2. The number of benzene rings is 1. The molecule has 0 radical (unpaired) electrons. The Morgan fingerprint density at radius 1 is 0.800 bits per heavy atom. The number of amides is 4. The zero-order valence-electron chi connectivity index (χ0n) is 10.1. The van der Waals surface area contributed by atoms with Gasteiger partial charge in [-0.25, -0.2) is 4.90 Å². The summed E-state index contributed by atoms with van der Waals surface area (Å²) >= 11 is 0. The predicted molar refractivity (Wildman–Crippen MR) is 67.5 cm³/mol. The van der Waals surface area contributed by atoms with Crippen LogP contribution in [0.1, 0.15) is 5.56 Å². The van der Waals surface area contributed by atoms with E-state index in [0.717, 1.165) is 12.2 Å². The lowest BCUT2D eigenvalue weighted by molar-refractivity contribution is -0.137. The third-order valence-corrected chi connectivity index (χ3v) is 3.00. The Morgan fingerprint density at radius 2 is 1.40 bits per heavy atom. The summed E-state index contributed by atoms with van der Waals surface area (Å²) in [4.78, 5) is 47.9. The summed E-state index contributed by atoms with van der Waals surface area (Å²) in [5.41, 5.74) is 0.278. The molecular weight excluding hydrogens is 260 g/mol. The topological polar surface area (TPSA) is 83.6 Å². The molecule has 0 bridgehead atoms. The van der Waals surface area contributed by atoms with Crippen molar-refractivity contribution in [2.75, 3.05) is 0 Å². The average molecular weight is 268 g/mol. The van der Waals surface area contributed by atoms with Crippen LogP contribution < -0.4 is 5.32 Å². The van der Waals surface area contributed by atoms with Crippen LogP contribution in [0, 0.1) is 0 Å². The van der Waals surface area contributed by atoms with E-state index in [1.54, 1.807) is 30.3 Å². The van der Waals surface area contributed by atoms with E-state index in [0.29, 0.717) is 10.5 Å². The number of nitrogens with zero attached hydrogens (tertiary/aromatic N) is 1. The molecule has 0 spiro atoms. The van der Waals surface area contributed by atoms with Crippen LogP contribution in [-0.2, 0) is 19.2 Å². The van der Waals surface area contributed by atoms with Crippen LogP contribution in [0.4, 0.5) is 0 Å². The van der Waals surface area contributed by atoms with Crippen molar-refractivity contribution < 1.29 is 19.2 Å². The number of imide groups is 2. The molecule has 2 heterocycles. The average Bonchev–Trinajstić information content (AvgIpc) is 2.90. The summed E-state index contributed by atoms with van der Waals surface area (Å²) in [6.45, 7) is 0. The first-order chi connectivity index (χ1) is 9.59. The molecule has 20 heavy (non-hydrogen) atoms. The van der Waals surface area contributed by atoms with E-state index in [2.05, 4.69) is 5.32 Å². The molecule has 2 aliphatic heterocycles. The van der Waals surface area contributed by atoms with Crippen molar-refractivity contribution in [3.05, 3.63) is 53.7 Å². The second kappa shape index (κ2) is 4.27. The van der Waals surface area contributed by atoms with Crippen LogP contribution in [0.25, 0.3) is 5.57 Å². The van der Waals surface area contributed by atoms with Gasteiger partial charge in [0.25, 0.3) is 23.6 Å². The van der Waals surface area contributed by atoms with Crippen molar-refractivity contribution in [3.63, 3.8) is 0 Å². The van der Waals surface area contributed by atoms with Crippen LogP contribution in [0.2, 0.25) is 0 Å². The highest BCUT2D eigenvalue weighted by Gasteiger charge is 2.40. The summed E-state index contributed by atoms with van der Waals surface area (Å²) in [6, 6.07) is 8.41. The maximum absolute atomic E-state index is 11.9. The number of hydrogen-bond acceptors (Lipinski definition) is 4. The quantitative estimate of drug-likeness (QED) is 0.764. The highest BCUT2D eigenvalue weighted by atomic mass is 16.2. The van der Waals surface area contributed by atoms with Crippen LogP contribution >= 0.6 is 0 Å². The highest BCUT2D eigenvalue weighted by molar-refractivity contribution is 6.38. The van der Waals surface area contributed by atoms with Gasteiger partial charge in [0.15, 0.2) is 0 Å². The van der Waals surface area contributed by atoms with Crippen LogP contribution in [0.5, 0.6) is 0 Å². The molecule has 3 rings (SSSR count). The van der Waals surface area contributed by atoms with Gasteiger partial charge in [-0.05, 0) is 5.56 Å². The van der Waals surface area contributed by atoms with E-state index in [1.807, 2.05) is 0 Å². The van der Waals surface area contributed by atoms with E-state index in [-0.39, 0.29) is 11.3 Å². The second-order valence-corrected chi connectivity index (χ2v) is 4.22. The first-order valence-corrected chi connectivity index (χ1v) is 5.81. The van der Waals surface area contributed by atoms with Crippen molar-refractivity contribution in [2.45, 2.75) is 0 Å². The summed E-state index contributed by atoms with van der Waals surface area (Å²) in [6.07, 6.45) is 2.13. The van der Waals surface area contributed by atoms with Crippen molar-refractivity contribution in [2.24, 2.45) is 0 Å². The van der Waals surface area contributed by atoms with Gasteiger partial charge >= 0.3 is 0 Å². The largest absolute Gasteiger partial charge is 0.287 e. The fourth-order valence-electron chi connectivity index (χ4n) is 2.15. The Bertz CT molecular complexity index is 698. The molecule has 0 saturated heterocycles. The van der Waals surface area contributed by atoms with Gasteiger partial charge in [0, 0.05) is 12.2 Å². The normalized spacial score (nSPS) is 18.3. The number of carbonyl (C=O) groups excluding carboxylic acids is 4. The van der Waals surface area contributed by atoms with E-state index >= 15 is 0 Å². The molecule has 0 saturated carbocycles. The Morgan fingerprint density at radius 3 is 2.00 bits per heavy atom. The minimum absolute atomic E-state index is 0.0287. The van der Waals surface area contributed by atoms with Gasteiger partial charge in [-0.15, -0.1) is 0 Å². The Balaban J connectivity index is 2.20. The summed E-state index contributed by atoms with van der Waals surface area (Å²) < 4.78 is 0. The summed E-state index contributed by atoms with van der Waals surface area (Å²) in [7, 11) is 0. The molecule has 0 aliphatic carbocycles. The number of hydrogen-bond donors (Lipinski definition) is 1. The lowest BCUT2D eigenvalue weighted by Crippen LogP contribution is -2.34.